The third-order valence-electron chi connectivity index (χ3n) is 9.44. The Hall–Kier alpha value is -1.97. The molecule has 0 aromatic carbocycles. The van der Waals surface area contributed by atoms with Crippen LogP contribution in [0.2, 0.25) is 0 Å². The van der Waals surface area contributed by atoms with Gasteiger partial charge in [-0.2, -0.15) is 0 Å². The molecule has 9 heteroatoms. The minimum atomic E-state index is -2.27. The van der Waals surface area contributed by atoms with Gasteiger partial charge >= 0.3 is 5.97 Å². The van der Waals surface area contributed by atoms with Crippen LogP contribution in [-0.2, 0) is 28.6 Å². The van der Waals surface area contributed by atoms with E-state index in [0.717, 1.165) is 6.08 Å². The van der Waals surface area contributed by atoms with E-state index < -0.39 is 82.2 Å². The molecule has 1 heterocycles. The van der Waals surface area contributed by atoms with Crippen molar-refractivity contribution in [3.63, 3.8) is 0 Å². The third kappa shape index (κ3) is 2.95. The highest BCUT2D eigenvalue weighted by molar-refractivity contribution is 6.01. The van der Waals surface area contributed by atoms with Crippen LogP contribution in [-0.4, -0.2) is 64.7 Å². The standard InChI is InChI=1S/C26H32F2O7/c1-13(29)33-12-20(32)26-21(34-22(2,3)35-26)10-15-16-9-18(27)17-8-14(30)6-7-23(17,4)25(16,28)19(31)11-24(15,26)5/h6-8,15-16,18-19,21,31H,9-12H2,1-5H3/t15-,16-,18-,19+,21+,23-,24-,25-,26+/m0/s1. The van der Waals surface area contributed by atoms with Crippen molar-refractivity contribution < 1.29 is 42.5 Å². The lowest BCUT2D eigenvalue weighted by atomic mass is 9.44. The van der Waals surface area contributed by atoms with Gasteiger partial charge in [0.05, 0.1) is 12.2 Å². The number of esters is 1. The van der Waals surface area contributed by atoms with Gasteiger partial charge in [-0.05, 0) is 63.7 Å². The lowest BCUT2D eigenvalue weighted by Crippen LogP contribution is -2.71. The monoisotopic (exact) mass is 494 g/mol. The topological polar surface area (TPSA) is 99.1 Å². The highest BCUT2D eigenvalue weighted by atomic mass is 19.1. The highest BCUT2D eigenvalue weighted by Crippen LogP contribution is 2.72. The number of fused-ring (bicyclic) bond motifs is 7. The number of halogens is 2. The summed E-state index contributed by atoms with van der Waals surface area (Å²) in [6.07, 6.45) is -0.345. The SMILES string of the molecule is CC(=O)OCC(=O)[C@@]12OC(C)(C)O[C@@H]1C[C@H]1[C@@H]3C[C@H](F)C4=CC(=O)C=C[C@]4(C)[C@@]3(F)[C@H](O)C[C@@]12C. The molecule has 0 spiro atoms. The smallest absolute Gasteiger partial charge is 0.303 e. The van der Waals surface area contributed by atoms with Gasteiger partial charge in [0.2, 0.25) is 5.78 Å². The fourth-order valence-electron chi connectivity index (χ4n) is 8.08. The second-order valence-electron chi connectivity index (χ2n) is 11.6. The van der Waals surface area contributed by atoms with Crippen LogP contribution >= 0.6 is 0 Å². The van der Waals surface area contributed by atoms with E-state index in [1.807, 2.05) is 0 Å². The number of alkyl halides is 2. The van der Waals surface area contributed by atoms with Crippen LogP contribution in [0.4, 0.5) is 8.78 Å². The lowest BCUT2D eigenvalue weighted by Gasteiger charge is -2.63. The zero-order valence-corrected chi connectivity index (χ0v) is 20.6. The number of ether oxygens (including phenoxy) is 3. The molecule has 0 aromatic heterocycles. The van der Waals surface area contributed by atoms with E-state index in [4.69, 9.17) is 14.2 Å². The summed E-state index contributed by atoms with van der Waals surface area (Å²) >= 11 is 0. The van der Waals surface area contributed by atoms with Crippen molar-refractivity contribution in [3.05, 3.63) is 23.8 Å². The van der Waals surface area contributed by atoms with E-state index in [1.165, 1.54) is 26.0 Å². The van der Waals surface area contributed by atoms with Crippen molar-refractivity contribution in [3.8, 4) is 0 Å². The molecule has 192 valence electrons. The van der Waals surface area contributed by atoms with Gasteiger partial charge in [0.1, 0.15) is 6.17 Å². The summed E-state index contributed by atoms with van der Waals surface area (Å²) in [6, 6.07) is 0. The van der Waals surface area contributed by atoms with Gasteiger partial charge in [0.25, 0.3) is 0 Å². The molecule has 4 fully saturated rings. The van der Waals surface area contributed by atoms with Crippen LogP contribution in [0.25, 0.3) is 0 Å². The number of rotatable bonds is 3. The van der Waals surface area contributed by atoms with E-state index in [-0.39, 0.29) is 24.8 Å². The zero-order chi connectivity index (χ0) is 25.8. The minimum Gasteiger partial charge on any atom is -0.458 e. The number of ketones is 2. The van der Waals surface area contributed by atoms with Crippen molar-refractivity contribution in [2.75, 3.05) is 6.61 Å². The molecule has 1 N–H and O–H groups in total. The number of hydrogen-bond acceptors (Lipinski definition) is 7. The van der Waals surface area contributed by atoms with Gasteiger partial charge in [-0.25, -0.2) is 8.78 Å². The molecule has 35 heavy (non-hydrogen) atoms. The number of aliphatic hydroxyl groups is 1. The highest BCUT2D eigenvalue weighted by Gasteiger charge is 2.80. The van der Waals surface area contributed by atoms with E-state index in [1.54, 1.807) is 20.8 Å². The molecule has 3 saturated carbocycles. The number of carbonyl (C=O) groups is 3. The van der Waals surface area contributed by atoms with Gasteiger partial charge in [-0.1, -0.05) is 13.0 Å². The number of allylic oxidation sites excluding steroid dienone is 4. The van der Waals surface area contributed by atoms with Crippen molar-refractivity contribution in [2.24, 2.45) is 22.7 Å². The molecule has 5 rings (SSSR count). The summed E-state index contributed by atoms with van der Waals surface area (Å²) in [6.45, 7) is 7.28. The summed E-state index contributed by atoms with van der Waals surface area (Å²) in [7, 11) is 0. The largest absolute Gasteiger partial charge is 0.458 e. The quantitative estimate of drug-likeness (QED) is 0.603. The van der Waals surface area contributed by atoms with E-state index in [2.05, 4.69) is 0 Å². The molecule has 1 aliphatic heterocycles. The van der Waals surface area contributed by atoms with Gasteiger partial charge in [-0.15, -0.1) is 0 Å². The second-order valence-corrected chi connectivity index (χ2v) is 11.6. The maximum Gasteiger partial charge on any atom is 0.303 e. The molecule has 0 bridgehead atoms. The maximum absolute atomic E-state index is 17.3. The number of aliphatic hydroxyl groups excluding tert-OH is 1. The first kappa shape index (κ1) is 24.7. The molecule has 1 saturated heterocycles. The number of hydrogen-bond donors (Lipinski definition) is 1. The molecule has 0 aromatic rings. The Kier molecular flexibility index (Phi) is 5.15. The first-order valence-corrected chi connectivity index (χ1v) is 12.1. The van der Waals surface area contributed by atoms with E-state index in [9.17, 15) is 19.5 Å². The average Bonchev–Trinajstić information content (AvgIpc) is 3.16. The van der Waals surface area contributed by atoms with E-state index in [0.29, 0.717) is 0 Å². The van der Waals surface area contributed by atoms with E-state index >= 15 is 8.78 Å². The molecule has 5 aliphatic rings. The van der Waals surface area contributed by atoms with Gasteiger partial charge in [0, 0.05) is 23.7 Å². The predicted molar refractivity (Wildman–Crippen MR) is 118 cm³/mol. The van der Waals surface area contributed by atoms with Crippen LogP contribution in [0.15, 0.2) is 23.8 Å². The fourth-order valence-corrected chi connectivity index (χ4v) is 8.08. The Labute approximate surface area is 202 Å². The lowest BCUT2D eigenvalue weighted by molar-refractivity contribution is -0.249. The Bertz CT molecular complexity index is 1070. The van der Waals surface area contributed by atoms with Gasteiger partial charge < -0.3 is 19.3 Å². The maximum atomic E-state index is 17.3. The summed E-state index contributed by atoms with van der Waals surface area (Å²) in [5, 5.41) is 11.5. The summed E-state index contributed by atoms with van der Waals surface area (Å²) in [5.41, 5.74) is -6.46. The van der Waals surface area contributed by atoms with Crippen LogP contribution in [0.3, 0.4) is 0 Å². The first-order valence-electron chi connectivity index (χ1n) is 12.1. The average molecular weight is 495 g/mol. The normalized spacial score (nSPS) is 49.4. The van der Waals surface area contributed by atoms with Gasteiger partial charge in [-0.3, -0.25) is 14.4 Å². The van der Waals surface area contributed by atoms with Crippen LogP contribution < -0.4 is 0 Å². The van der Waals surface area contributed by atoms with Gasteiger partial charge in [0.15, 0.2) is 29.4 Å². The van der Waals surface area contributed by atoms with Crippen LogP contribution in [0.1, 0.15) is 53.9 Å². The molecule has 0 amide bonds. The predicted octanol–water partition coefficient (Wildman–Crippen LogP) is 2.94. The third-order valence-corrected chi connectivity index (χ3v) is 9.44. The Balaban J connectivity index is 1.62. The molecule has 7 nitrogen and oxygen atoms in total. The first-order chi connectivity index (χ1) is 16.1. The summed E-state index contributed by atoms with van der Waals surface area (Å²) < 4.78 is 50.3. The van der Waals surface area contributed by atoms with Crippen LogP contribution in [0, 0.1) is 22.7 Å². The van der Waals surface area contributed by atoms with Crippen LogP contribution in [0.5, 0.6) is 0 Å². The molecule has 0 unspecified atom stereocenters. The minimum absolute atomic E-state index is 0.0406. The molecular weight excluding hydrogens is 462 g/mol. The summed E-state index contributed by atoms with van der Waals surface area (Å²) in [4.78, 5) is 37.1. The Morgan fingerprint density at radius 3 is 2.54 bits per heavy atom. The van der Waals surface area contributed by atoms with Crippen molar-refractivity contribution in [2.45, 2.75) is 89.3 Å². The Morgan fingerprint density at radius 2 is 1.89 bits per heavy atom. The molecule has 9 atom stereocenters. The van der Waals surface area contributed by atoms with Crippen molar-refractivity contribution in [1.82, 2.24) is 0 Å². The molecular formula is C26H32F2O7. The fraction of sp³-hybridized carbons (Fsp3) is 0.731. The molecule has 0 radical (unpaired) electrons. The zero-order valence-electron chi connectivity index (χ0n) is 20.6. The second kappa shape index (κ2) is 7.29. The number of Topliss-reactive ketones (excluding diaryl/α,β-unsaturated/α-hetero) is 1. The van der Waals surface area contributed by atoms with Crippen molar-refractivity contribution >= 4 is 17.5 Å². The van der Waals surface area contributed by atoms with Crippen molar-refractivity contribution in [1.29, 1.82) is 0 Å². The molecule has 4 aliphatic carbocycles. The Morgan fingerprint density at radius 1 is 1.20 bits per heavy atom. The summed E-state index contributed by atoms with van der Waals surface area (Å²) in [5.74, 6) is -4.23. The number of carbonyl (C=O) groups excluding carboxylic acids is 3.